The van der Waals surface area contributed by atoms with E-state index < -0.39 is 5.97 Å². The van der Waals surface area contributed by atoms with Crippen molar-refractivity contribution in [3.8, 4) is 10.6 Å². The summed E-state index contributed by atoms with van der Waals surface area (Å²) in [6.45, 7) is 2.00. The molecule has 3 aromatic rings. The number of aromatic carboxylic acids is 1. The number of hydrogen-bond acceptors (Lipinski definition) is 3. The van der Waals surface area contributed by atoms with Crippen molar-refractivity contribution in [2.45, 2.75) is 6.92 Å². The summed E-state index contributed by atoms with van der Waals surface area (Å²) in [6, 6.07) is 10.6. The topological polar surface area (TPSA) is 50.2 Å². The molecule has 0 bridgehead atoms. The van der Waals surface area contributed by atoms with E-state index in [0.29, 0.717) is 5.02 Å². The smallest absolute Gasteiger partial charge is 0.335 e. The van der Waals surface area contributed by atoms with Crippen molar-refractivity contribution in [3.05, 3.63) is 52.5 Å². The van der Waals surface area contributed by atoms with Crippen LogP contribution in [0.2, 0.25) is 5.02 Å². The van der Waals surface area contributed by atoms with E-state index in [4.69, 9.17) is 16.7 Å². The quantitative estimate of drug-likeness (QED) is 0.751. The Morgan fingerprint density at radius 1 is 1.25 bits per heavy atom. The van der Waals surface area contributed by atoms with E-state index in [0.717, 1.165) is 26.4 Å². The van der Waals surface area contributed by atoms with E-state index in [9.17, 15) is 4.79 Å². The molecule has 0 spiro atoms. The second kappa shape index (κ2) is 4.89. The highest BCUT2D eigenvalue weighted by molar-refractivity contribution is 7.21. The van der Waals surface area contributed by atoms with E-state index in [2.05, 4.69) is 4.98 Å². The number of aryl methyl sites for hydroxylation is 1. The minimum Gasteiger partial charge on any atom is -0.478 e. The lowest BCUT2D eigenvalue weighted by Crippen LogP contribution is -1.94. The Morgan fingerprint density at radius 3 is 2.80 bits per heavy atom. The number of thiazole rings is 1. The monoisotopic (exact) mass is 303 g/mol. The predicted molar refractivity (Wildman–Crippen MR) is 81.8 cm³/mol. The molecule has 0 fully saturated rings. The molecule has 5 heteroatoms. The average molecular weight is 304 g/mol. The number of carboxylic acids is 1. The number of hydrogen-bond donors (Lipinski definition) is 1. The number of aromatic nitrogens is 1. The Bertz CT molecular complexity index is 826. The van der Waals surface area contributed by atoms with Crippen molar-refractivity contribution in [1.82, 2.24) is 4.98 Å². The molecule has 100 valence electrons. The molecule has 0 unspecified atom stereocenters. The van der Waals surface area contributed by atoms with Crippen LogP contribution in [-0.2, 0) is 0 Å². The molecule has 0 aliphatic heterocycles. The summed E-state index contributed by atoms with van der Waals surface area (Å²) in [5, 5.41) is 10.5. The Kier molecular flexibility index (Phi) is 3.20. The van der Waals surface area contributed by atoms with Gasteiger partial charge in [-0.3, -0.25) is 0 Å². The summed E-state index contributed by atoms with van der Waals surface area (Å²) >= 11 is 7.50. The summed E-state index contributed by atoms with van der Waals surface area (Å²) in [5.41, 5.74) is 3.15. The first-order chi connectivity index (χ1) is 9.54. The van der Waals surface area contributed by atoms with Crippen molar-refractivity contribution in [1.29, 1.82) is 0 Å². The van der Waals surface area contributed by atoms with Crippen molar-refractivity contribution in [3.63, 3.8) is 0 Å². The number of fused-ring (bicyclic) bond motifs is 1. The third-order valence-electron chi connectivity index (χ3n) is 3.07. The van der Waals surface area contributed by atoms with Gasteiger partial charge < -0.3 is 5.11 Å². The molecule has 1 heterocycles. The van der Waals surface area contributed by atoms with Gasteiger partial charge in [0.2, 0.25) is 0 Å². The molecule has 0 amide bonds. The van der Waals surface area contributed by atoms with Gasteiger partial charge in [0.25, 0.3) is 0 Å². The van der Waals surface area contributed by atoms with Crippen molar-refractivity contribution in [2.24, 2.45) is 0 Å². The Morgan fingerprint density at radius 2 is 2.05 bits per heavy atom. The fourth-order valence-electron chi connectivity index (χ4n) is 2.00. The maximum atomic E-state index is 11.0. The van der Waals surface area contributed by atoms with Crippen LogP contribution in [0.1, 0.15) is 15.9 Å². The van der Waals surface area contributed by atoms with Crippen molar-refractivity contribution < 1.29 is 9.90 Å². The number of carbonyl (C=O) groups is 1. The molecule has 0 saturated carbocycles. The summed E-state index contributed by atoms with van der Waals surface area (Å²) in [4.78, 5) is 15.5. The maximum Gasteiger partial charge on any atom is 0.335 e. The second-order valence-corrected chi connectivity index (χ2v) is 5.93. The minimum atomic E-state index is -0.930. The van der Waals surface area contributed by atoms with Gasteiger partial charge in [0.15, 0.2) is 0 Å². The highest BCUT2D eigenvalue weighted by atomic mass is 35.5. The molecule has 1 N–H and O–H groups in total. The SMILES string of the molecule is Cc1ccc(Cl)cc1-c1nc2ccc(C(=O)O)cc2s1. The molecule has 0 atom stereocenters. The molecule has 0 aliphatic rings. The van der Waals surface area contributed by atoms with Crippen LogP contribution in [-0.4, -0.2) is 16.1 Å². The van der Waals surface area contributed by atoms with E-state index in [1.807, 2.05) is 25.1 Å². The van der Waals surface area contributed by atoms with Gasteiger partial charge in [0, 0.05) is 10.6 Å². The van der Waals surface area contributed by atoms with Gasteiger partial charge in [-0.1, -0.05) is 17.7 Å². The highest BCUT2D eigenvalue weighted by Crippen LogP contribution is 2.33. The van der Waals surface area contributed by atoms with Crippen LogP contribution in [0.5, 0.6) is 0 Å². The number of benzene rings is 2. The van der Waals surface area contributed by atoms with E-state index in [-0.39, 0.29) is 5.56 Å². The van der Waals surface area contributed by atoms with Gasteiger partial charge >= 0.3 is 5.97 Å². The summed E-state index contributed by atoms with van der Waals surface area (Å²) < 4.78 is 0.860. The zero-order valence-electron chi connectivity index (χ0n) is 10.6. The number of rotatable bonds is 2. The Hall–Kier alpha value is -1.91. The minimum absolute atomic E-state index is 0.274. The fourth-order valence-corrected chi connectivity index (χ4v) is 3.26. The van der Waals surface area contributed by atoms with Gasteiger partial charge in [-0.2, -0.15) is 0 Å². The third kappa shape index (κ3) is 2.28. The zero-order valence-corrected chi connectivity index (χ0v) is 12.1. The van der Waals surface area contributed by atoms with Gasteiger partial charge in [-0.25, -0.2) is 9.78 Å². The molecule has 0 saturated heterocycles. The van der Waals surface area contributed by atoms with Crippen LogP contribution in [0, 0.1) is 6.92 Å². The molecule has 1 aromatic heterocycles. The Balaban J connectivity index is 2.17. The van der Waals surface area contributed by atoms with E-state index >= 15 is 0 Å². The lowest BCUT2D eigenvalue weighted by Gasteiger charge is -2.01. The average Bonchev–Trinajstić information content (AvgIpc) is 2.83. The maximum absolute atomic E-state index is 11.0. The van der Waals surface area contributed by atoms with Gasteiger partial charge in [-0.05, 0) is 42.8 Å². The molecule has 3 rings (SSSR count). The molecular formula is C15H10ClNO2S. The first kappa shape index (κ1) is 13.1. The standard InChI is InChI=1S/C15H10ClNO2S/c1-8-2-4-10(16)7-11(8)14-17-12-5-3-9(15(18)19)6-13(12)20-14/h2-7H,1H3,(H,18,19). The molecule has 20 heavy (non-hydrogen) atoms. The highest BCUT2D eigenvalue weighted by Gasteiger charge is 2.11. The van der Waals surface area contributed by atoms with Gasteiger partial charge in [-0.15, -0.1) is 11.3 Å². The largest absolute Gasteiger partial charge is 0.478 e. The summed E-state index contributed by atoms with van der Waals surface area (Å²) in [5.74, 6) is -0.930. The molecule has 3 nitrogen and oxygen atoms in total. The van der Waals surface area contributed by atoms with Crippen molar-refractivity contribution >= 4 is 39.1 Å². The van der Waals surface area contributed by atoms with E-state index in [1.165, 1.54) is 11.3 Å². The van der Waals surface area contributed by atoms with Crippen LogP contribution < -0.4 is 0 Å². The summed E-state index contributed by atoms with van der Waals surface area (Å²) in [6.07, 6.45) is 0. The van der Waals surface area contributed by atoms with Crippen molar-refractivity contribution in [2.75, 3.05) is 0 Å². The number of nitrogens with zero attached hydrogens (tertiary/aromatic N) is 1. The lowest BCUT2D eigenvalue weighted by molar-refractivity contribution is 0.0697. The first-order valence-corrected chi connectivity index (χ1v) is 7.14. The fraction of sp³-hybridized carbons (Fsp3) is 0.0667. The Labute approximate surface area is 124 Å². The normalized spacial score (nSPS) is 10.9. The predicted octanol–water partition coefficient (Wildman–Crippen LogP) is 4.62. The molecule has 2 aromatic carbocycles. The van der Waals surface area contributed by atoms with E-state index in [1.54, 1.807) is 18.2 Å². The van der Waals surface area contributed by atoms with Crippen LogP contribution >= 0.6 is 22.9 Å². The molecule has 0 radical (unpaired) electrons. The van der Waals surface area contributed by atoms with Crippen LogP contribution in [0.25, 0.3) is 20.8 Å². The molecular weight excluding hydrogens is 294 g/mol. The lowest BCUT2D eigenvalue weighted by atomic mass is 10.1. The van der Waals surface area contributed by atoms with Gasteiger partial charge in [0.1, 0.15) is 5.01 Å². The third-order valence-corrected chi connectivity index (χ3v) is 4.35. The first-order valence-electron chi connectivity index (χ1n) is 5.95. The molecule has 0 aliphatic carbocycles. The van der Waals surface area contributed by atoms with Crippen LogP contribution in [0.4, 0.5) is 0 Å². The van der Waals surface area contributed by atoms with Crippen LogP contribution in [0.15, 0.2) is 36.4 Å². The summed E-state index contributed by atoms with van der Waals surface area (Å²) in [7, 11) is 0. The van der Waals surface area contributed by atoms with Gasteiger partial charge in [0.05, 0.1) is 15.8 Å². The number of halogens is 1. The second-order valence-electron chi connectivity index (χ2n) is 4.47. The number of carboxylic acid groups (broad SMARTS) is 1. The van der Waals surface area contributed by atoms with Crippen LogP contribution in [0.3, 0.4) is 0 Å². The zero-order chi connectivity index (χ0) is 14.3.